The van der Waals surface area contributed by atoms with Gasteiger partial charge >= 0.3 is 6.11 Å². The van der Waals surface area contributed by atoms with Crippen LogP contribution in [-0.2, 0) is 0 Å². The molecule has 2 fully saturated rings. The predicted octanol–water partition coefficient (Wildman–Crippen LogP) is 6.97. The molecule has 2 aliphatic carbocycles. The molecule has 0 saturated heterocycles. The number of rotatable bonds is 6. The molecule has 0 unspecified atom stereocenters. The zero-order valence-electron chi connectivity index (χ0n) is 16.7. The highest BCUT2D eigenvalue weighted by atomic mass is 19.3. The van der Waals surface area contributed by atoms with Gasteiger partial charge < -0.3 is 9.47 Å². The zero-order chi connectivity index (χ0) is 20.3. The Balaban J connectivity index is 1.59. The largest absolute Gasteiger partial charge is 0.491 e. The molecule has 0 heterocycles. The van der Waals surface area contributed by atoms with Crippen molar-refractivity contribution in [3.05, 3.63) is 23.8 Å². The topological polar surface area (TPSA) is 18.5 Å². The number of alkyl halides is 2. The molecule has 1 aromatic rings. The first-order chi connectivity index (χ1) is 13.3. The molecule has 28 heavy (non-hydrogen) atoms. The molecule has 2 aliphatic rings. The van der Waals surface area contributed by atoms with E-state index in [9.17, 15) is 17.6 Å². The van der Waals surface area contributed by atoms with E-state index in [0.29, 0.717) is 24.7 Å². The Morgan fingerprint density at radius 3 is 1.93 bits per heavy atom. The van der Waals surface area contributed by atoms with Gasteiger partial charge in [0.25, 0.3) is 0 Å². The summed E-state index contributed by atoms with van der Waals surface area (Å²) in [6.45, 7) is 4.05. The average Bonchev–Trinajstić information content (AvgIpc) is 2.68. The monoisotopic (exact) mass is 402 g/mol. The number of hydrogen-bond acceptors (Lipinski definition) is 2. The fraction of sp³-hybridized carbons (Fsp3) is 0.727. The van der Waals surface area contributed by atoms with E-state index >= 15 is 0 Å². The van der Waals surface area contributed by atoms with Gasteiger partial charge in [0.1, 0.15) is 0 Å². The molecule has 0 atom stereocenters. The van der Waals surface area contributed by atoms with Crippen LogP contribution in [0.5, 0.6) is 11.5 Å². The molecule has 3 rings (SSSR count). The summed E-state index contributed by atoms with van der Waals surface area (Å²) in [5, 5.41) is 0. The Kier molecular flexibility index (Phi) is 6.77. The lowest BCUT2D eigenvalue weighted by Crippen LogP contribution is -2.38. The number of ether oxygens (including phenoxy) is 2. The first-order valence-corrected chi connectivity index (χ1v) is 10.5. The van der Waals surface area contributed by atoms with Crippen molar-refractivity contribution in [3.8, 4) is 11.5 Å². The van der Waals surface area contributed by atoms with Gasteiger partial charge in [0.05, 0.1) is 12.5 Å². The zero-order valence-corrected chi connectivity index (χ0v) is 16.7. The van der Waals surface area contributed by atoms with Gasteiger partial charge in [-0.1, -0.05) is 19.8 Å². The fourth-order valence-electron chi connectivity index (χ4n) is 4.77. The van der Waals surface area contributed by atoms with E-state index in [4.69, 9.17) is 4.74 Å². The van der Waals surface area contributed by atoms with Crippen LogP contribution >= 0.6 is 0 Å². The second-order valence-corrected chi connectivity index (χ2v) is 8.42. The lowest BCUT2D eigenvalue weighted by Gasteiger charge is -2.38. The third kappa shape index (κ3) is 4.74. The molecule has 2 nitrogen and oxygen atoms in total. The molecular formula is C22H30F4O2. The smallest absolute Gasteiger partial charge is 0.400 e. The van der Waals surface area contributed by atoms with Crippen LogP contribution in [0.15, 0.2) is 12.1 Å². The molecule has 0 spiro atoms. The minimum atomic E-state index is -3.52. The summed E-state index contributed by atoms with van der Waals surface area (Å²) in [4.78, 5) is 0. The van der Waals surface area contributed by atoms with Crippen LogP contribution in [0.1, 0.15) is 65.2 Å². The second kappa shape index (κ2) is 8.91. The molecule has 6 heteroatoms. The Hall–Kier alpha value is -1.46. The van der Waals surface area contributed by atoms with Crippen molar-refractivity contribution in [2.24, 2.45) is 23.7 Å². The molecule has 0 bridgehead atoms. The van der Waals surface area contributed by atoms with E-state index < -0.39 is 29.4 Å². The third-order valence-electron chi connectivity index (χ3n) is 6.53. The molecule has 1 aromatic carbocycles. The fourth-order valence-corrected chi connectivity index (χ4v) is 4.77. The van der Waals surface area contributed by atoms with Crippen LogP contribution in [0.3, 0.4) is 0 Å². The molecule has 0 aromatic heterocycles. The molecule has 0 N–H and O–H groups in total. The van der Waals surface area contributed by atoms with Crippen molar-refractivity contribution in [3.63, 3.8) is 0 Å². The summed E-state index contributed by atoms with van der Waals surface area (Å²) in [6, 6.07) is 2.13. The lowest BCUT2D eigenvalue weighted by molar-refractivity contribution is -0.225. The standard InChI is InChI=1S/C22H30F4O2/c1-3-27-18-12-13-19(21(24)20(18)23)28-22(25,26)17-10-8-16(9-11-17)15-6-4-14(2)5-7-15/h12-17H,3-11H2,1-2H3. The van der Waals surface area contributed by atoms with Crippen molar-refractivity contribution in [2.75, 3.05) is 6.61 Å². The van der Waals surface area contributed by atoms with Crippen LogP contribution in [0.4, 0.5) is 17.6 Å². The number of benzene rings is 1. The van der Waals surface area contributed by atoms with Crippen LogP contribution in [-0.4, -0.2) is 12.7 Å². The Bertz CT molecular complexity index is 648. The molecular weight excluding hydrogens is 372 g/mol. The van der Waals surface area contributed by atoms with Crippen LogP contribution < -0.4 is 9.47 Å². The predicted molar refractivity (Wildman–Crippen MR) is 99.7 cm³/mol. The van der Waals surface area contributed by atoms with Crippen LogP contribution in [0.2, 0.25) is 0 Å². The lowest BCUT2D eigenvalue weighted by atomic mass is 9.69. The van der Waals surface area contributed by atoms with Crippen LogP contribution in [0.25, 0.3) is 0 Å². The summed E-state index contributed by atoms with van der Waals surface area (Å²) in [6.07, 6.45) is 3.53. The van der Waals surface area contributed by atoms with Gasteiger partial charge in [0.15, 0.2) is 11.5 Å². The molecule has 0 radical (unpaired) electrons. The van der Waals surface area contributed by atoms with E-state index in [0.717, 1.165) is 30.9 Å². The Morgan fingerprint density at radius 1 is 0.857 bits per heavy atom. The van der Waals surface area contributed by atoms with Gasteiger partial charge in [-0.3, -0.25) is 0 Å². The summed E-state index contributed by atoms with van der Waals surface area (Å²) >= 11 is 0. The minimum absolute atomic E-state index is 0.149. The quantitative estimate of drug-likeness (QED) is 0.479. The third-order valence-corrected chi connectivity index (χ3v) is 6.53. The van der Waals surface area contributed by atoms with E-state index in [1.165, 1.54) is 25.7 Å². The number of halogens is 4. The van der Waals surface area contributed by atoms with Crippen molar-refractivity contribution < 1.29 is 27.0 Å². The molecule has 2 saturated carbocycles. The van der Waals surface area contributed by atoms with Gasteiger partial charge in [-0.15, -0.1) is 0 Å². The maximum Gasteiger partial charge on any atom is 0.400 e. The van der Waals surface area contributed by atoms with E-state index in [1.807, 2.05) is 0 Å². The first kappa shape index (κ1) is 21.3. The summed E-state index contributed by atoms with van der Waals surface area (Å²) in [5.41, 5.74) is 0. The highest BCUT2D eigenvalue weighted by Gasteiger charge is 2.45. The minimum Gasteiger partial charge on any atom is -0.491 e. The van der Waals surface area contributed by atoms with Gasteiger partial charge in [0, 0.05) is 0 Å². The maximum absolute atomic E-state index is 14.6. The maximum atomic E-state index is 14.6. The molecule has 0 aliphatic heterocycles. The number of hydrogen-bond donors (Lipinski definition) is 0. The van der Waals surface area contributed by atoms with E-state index in [-0.39, 0.29) is 12.4 Å². The van der Waals surface area contributed by atoms with Crippen molar-refractivity contribution in [2.45, 2.75) is 71.3 Å². The van der Waals surface area contributed by atoms with E-state index in [1.54, 1.807) is 6.92 Å². The van der Waals surface area contributed by atoms with E-state index in [2.05, 4.69) is 11.7 Å². The van der Waals surface area contributed by atoms with Crippen molar-refractivity contribution in [1.82, 2.24) is 0 Å². The Labute approximate surface area is 164 Å². The second-order valence-electron chi connectivity index (χ2n) is 8.42. The average molecular weight is 402 g/mol. The van der Waals surface area contributed by atoms with Gasteiger partial charge in [0.2, 0.25) is 11.6 Å². The van der Waals surface area contributed by atoms with Gasteiger partial charge in [-0.2, -0.15) is 17.6 Å². The summed E-state index contributed by atoms with van der Waals surface area (Å²) in [5.74, 6) is -2.87. The molecule has 0 amide bonds. The highest BCUT2D eigenvalue weighted by molar-refractivity contribution is 5.35. The highest BCUT2D eigenvalue weighted by Crippen LogP contribution is 2.45. The SMILES string of the molecule is CCOc1ccc(OC(F)(F)C2CCC(C3CCC(C)CC3)CC2)c(F)c1F. The first-order valence-electron chi connectivity index (χ1n) is 10.5. The van der Waals surface area contributed by atoms with Gasteiger partial charge in [-0.25, -0.2) is 0 Å². The summed E-state index contributed by atoms with van der Waals surface area (Å²) in [7, 11) is 0. The van der Waals surface area contributed by atoms with Crippen molar-refractivity contribution in [1.29, 1.82) is 0 Å². The van der Waals surface area contributed by atoms with Crippen molar-refractivity contribution >= 4 is 0 Å². The Morgan fingerprint density at radius 2 is 1.36 bits per heavy atom. The van der Waals surface area contributed by atoms with Crippen LogP contribution in [0, 0.1) is 35.3 Å². The summed E-state index contributed by atoms with van der Waals surface area (Å²) < 4.78 is 66.9. The van der Waals surface area contributed by atoms with Gasteiger partial charge in [-0.05, 0) is 75.3 Å². The molecule has 158 valence electrons. The normalized spacial score (nSPS) is 28.8.